The van der Waals surface area contributed by atoms with Crippen molar-refractivity contribution in [2.75, 3.05) is 7.11 Å². The molecule has 0 amide bonds. The Hall–Kier alpha value is -2.21. The molecule has 0 unspecified atom stereocenters. The molecule has 2 N–H and O–H groups in total. The lowest BCUT2D eigenvalue weighted by Crippen LogP contribution is -1.95. The molecular weight excluding hydrogens is 286 g/mol. The summed E-state index contributed by atoms with van der Waals surface area (Å²) in [5, 5.41) is 23.2. The topological polar surface area (TPSA) is 92.8 Å². The number of carboxylic acids is 1. The zero-order chi connectivity index (χ0) is 15.0. The van der Waals surface area contributed by atoms with Gasteiger partial charge in [-0.3, -0.25) is 0 Å². The summed E-state index contributed by atoms with van der Waals surface area (Å²) in [5.41, 5.74) is 1.62. The van der Waals surface area contributed by atoms with Gasteiger partial charge in [0.25, 0.3) is 0 Å². The minimum Gasteiger partial charge on any atom is -0.504 e. The van der Waals surface area contributed by atoms with Gasteiger partial charge < -0.3 is 19.5 Å². The van der Waals surface area contributed by atoms with Crippen molar-refractivity contribution < 1.29 is 24.3 Å². The number of methoxy groups -OCH3 is 1. The van der Waals surface area contributed by atoms with Crippen LogP contribution in [0, 0.1) is 13.8 Å². The monoisotopic (exact) mass is 297 g/mol. The third-order valence-electron chi connectivity index (χ3n) is 3.01. The van der Waals surface area contributed by atoms with Crippen molar-refractivity contribution in [2.24, 2.45) is 0 Å². The summed E-state index contributed by atoms with van der Waals surface area (Å²) in [6.45, 7) is 3.40. The van der Waals surface area contributed by atoms with Crippen LogP contribution in [0.4, 0.5) is 0 Å². The van der Waals surface area contributed by atoms with Crippen LogP contribution in [0.1, 0.15) is 21.7 Å². The highest BCUT2D eigenvalue weighted by Gasteiger charge is 2.23. The molecular formula is C13H12ClNO5. The van der Waals surface area contributed by atoms with Gasteiger partial charge in [0.05, 0.1) is 17.7 Å². The number of hydrogen-bond acceptors (Lipinski definition) is 5. The van der Waals surface area contributed by atoms with E-state index in [4.69, 9.17) is 21.4 Å². The normalized spacial score (nSPS) is 10.6. The largest absolute Gasteiger partial charge is 0.504 e. The van der Waals surface area contributed by atoms with E-state index < -0.39 is 5.97 Å². The average Bonchev–Trinajstić information content (AvgIpc) is 2.87. The Labute approximate surface area is 119 Å². The van der Waals surface area contributed by atoms with Crippen LogP contribution in [0.2, 0.25) is 5.02 Å². The lowest BCUT2D eigenvalue weighted by molar-refractivity contribution is 0.0652. The number of carbonyl (C=O) groups is 1. The number of phenols is 1. The molecule has 20 heavy (non-hydrogen) atoms. The molecule has 1 heterocycles. The zero-order valence-electron chi connectivity index (χ0n) is 11.0. The fraction of sp³-hybridized carbons (Fsp3) is 0.231. The molecule has 0 aliphatic rings. The smallest absolute Gasteiger partial charge is 0.374 e. The van der Waals surface area contributed by atoms with Gasteiger partial charge in [0, 0.05) is 11.6 Å². The van der Waals surface area contributed by atoms with E-state index >= 15 is 0 Å². The van der Waals surface area contributed by atoms with Crippen molar-refractivity contribution in [1.29, 1.82) is 0 Å². The van der Waals surface area contributed by atoms with Crippen LogP contribution < -0.4 is 4.74 Å². The maximum atomic E-state index is 10.8. The van der Waals surface area contributed by atoms with Crippen LogP contribution >= 0.6 is 11.6 Å². The van der Waals surface area contributed by atoms with Crippen LogP contribution in [-0.2, 0) is 0 Å². The molecule has 2 aromatic rings. The van der Waals surface area contributed by atoms with Crippen molar-refractivity contribution in [3.8, 4) is 22.8 Å². The second kappa shape index (κ2) is 5.05. The molecule has 106 valence electrons. The van der Waals surface area contributed by atoms with Crippen LogP contribution in [0.3, 0.4) is 0 Å². The summed E-state index contributed by atoms with van der Waals surface area (Å²) >= 11 is 6.19. The molecule has 0 saturated heterocycles. The molecule has 0 fully saturated rings. The third-order valence-corrected chi connectivity index (χ3v) is 3.57. The maximum Gasteiger partial charge on any atom is 0.374 e. The summed E-state index contributed by atoms with van der Waals surface area (Å²) in [6.07, 6.45) is 0. The van der Waals surface area contributed by atoms with E-state index in [9.17, 15) is 9.90 Å². The molecule has 0 radical (unpaired) electrons. The zero-order valence-corrected chi connectivity index (χ0v) is 11.8. The van der Waals surface area contributed by atoms with Gasteiger partial charge in [-0.15, -0.1) is 0 Å². The van der Waals surface area contributed by atoms with Crippen molar-refractivity contribution in [2.45, 2.75) is 13.8 Å². The first-order valence-electron chi connectivity index (χ1n) is 5.64. The van der Waals surface area contributed by atoms with Crippen LogP contribution in [0.5, 0.6) is 11.5 Å². The standard InChI is InChI=1S/C13H12ClNO5/c1-5-9(7-4-8(13(17)18)20-15-7)11(16)12(19-3)6(2)10(5)14/h4,16H,1-3H3,(H,17,18). The molecule has 6 nitrogen and oxygen atoms in total. The van der Waals surface area contributed by atoms with Crippen molar-refractivity contribution in [3.05, 3.63) is 28.0 Å². The average molecular weight is 298 g/mol. The number of halogens is 1. The molecule has 1 aromatic carbocycles. The molecule has 0 saturated carbocycles. The number of hydrogen-bond donors (Lipinski definition) is 2. The van der Waals surface area contributed by atoms with Crippen molar-refractivity contribution in [3.63, 3.8) is 0 Å². The van der Waals surface area contributed by atoms with E-state index in [1.165, 1.54) is 13.2 Å². The van der Waals surface area contributed by atoms with E-state index in [0.29, 0.717) is 16.1 Å². The second-order valence-corrected chi connectivity index (χ2v) is 4.58. The predicted molar refractivity (Wildman–Crippen MR) is 71.6 cm³/mol. The van der Waals surface area contributed by atoms with E-state index in [2.05, 4.69) is 9.68 Å². The van der Waals surface area contributed by atoms with E-state index in [1.807, 2.05) is 0 Å². The SMILES string of the molecule is COc1c(C)c(Cl)c(C)c(-c2cc(C(=O)O)on2)c1O. The van der Waals surface area contributed by atoms with Crippen molar-refractivity contribution >= 4 is 17.6 Å². The summed E-state index contributed by atoms with van der Waals surface area (Å²) in [5.74, 6) is -1.51. The predicted octanol–water partition coefficient (Wildman–Crippen LogP) is 3.02. The highest BCUT2D eigenvalue weighted by atomic mass is 35.5. The van der Waals surface area contributed by atoms with E-state index in [-0.39, 0.29) is 28.5 Å². The lowest BCUT2D eigenvalue weighted by Gasteiger charge is -2.15. The Morgan fingerprint density at radius 1 is 1.40 bits per heavy atom. The first-order chi connectivity index (χ1) is 9.38. The Morgan fingerprint density at radius 3 is 2.55 bits per heavy atom. The fourth-order valence-corrected chi connectivity index (χ4v) is 2.20. The highest BCUT2D eigenvalue weighted by molar-refractivity contribution is 6.33. The number of aromatic hydroxyl groups is 1. The Bertz CT molecular complexity index is 693. The third kappa shape index (κ3) is 2.08. The number of carboxylic acid groups (broad SMARTS) is 1. The van der Waals surface area contributed by atoms with Gasteiger partial charge in [0.2, 0.25) is 5.76 Å². The second-order valence-electron chi connectivity index (χ2n) is 4.20. The number of benzene rings is 1. The van der Waals surface area contributed by atoms with Crippen LogP contribution in [-0.4, -0.2) is 28.4 Å². The molecule has 0 bridgehead atoms. The summed E-state index contributed by atoms with van der Waals surface area (Å²) in [7, 11) is 1.41. The summed E-state index contributed by atoms with van der Waals surface area (Å²) in [4.78, 5) is 10.8. The van der Waals surface area contributed by atoms with Gasteiger partial charge in [0.15, 0.2) is 11.5 Å². The fourth-order valence-electron chi connectivity index (χ4n) is 2.02. The van der Waals surface area contributed by atoms with E-state index in [0.717, 1.165) is 0 Å². The molecule has 1 aromatic heterocycles. The van der Waals surface area contributed by atoms with Gasteiger partial charge in [-0.05, 0) is 19.4 Å². The van der Waals surface area contributed by atoms with E-state index in [1.54, 1.807) is 13.8 Å². The van der Waals surface area contributed by atoms with Crippen LogP contribution in [0.15, 0.2) is 10.6 Å². The minimum atomic E-state index is -1.24. The van der Waals surface area contributed by atoms with Gasteiger partial charge in [-0.25, -0.2) is 4.79 Å². The number of aromatic carboxylic acids is 1. The number of rotatable bonds is 3. The Morgan fingerprint density at radius 2 is 2.05 bits per heavy atom. The number of ether oxygens (including phenoxy) is 1. The number of nitrogens with zero attached hydrogens (tertiary/aromatic N) is 1. The van der Waals surface area contributed by atoms with Gasteiger partial charge >= 0.3 is 5.97 Å². The molecule has 0 spiro atoms. The highest BCUT2D eigenvalue weighted by Crippen LogP contribution is 2.45. The minimum absolute atomic E-state index is 0.155. The van der Waals surface area contributed by atoms with Crippen LogP contribution in [0.25, 0.3) is 11.3 Å². The lowest BCUT2D eigenvalue weighted by atomic mass is 10.00. The molecule has 0 aliphatic heterocycles. The first-order valence-corrected chi connectivity index (χ1v) is 6.02. The number of phenolic OH excluding ortho intramolecular Hbond substituents is 1. The maximum absolute atomic E-state index is 10.8. The van der Waals surface area contributed by atoms with Crippen molar-refractivity contribution in [1.82, 2.24) is 5.16 Å². The quantitative estimate of drug-likeness (QED) is 0.904. The van der Waals surface area contributed by atoms with Gasteiger partial charge in [0.1, 0.15) is 5.69 Å². The Balaban J connectivity index is 2.72. The molecule has 7 heteroatoms. The molecule has 0 atom stereocenters. The first kappa shape index (κ1) is 14.2. The summed E-state index contributed by atoms with van der Waals surface area (Å²) < 4.78 is 9.81. The van der Waals surface area contributed by atoms with Gasteiger partial charge in [-0.2, -0.15) is 0 Å². The Kier molecular flexibility index (Phi) is 3.59. The summed E-state index contributed by atoms with van der Waals surface area (Å²) in [6, 6.07) is 1.22. The molecule has 2 rings (SSSR count). The molecule has 0 aliphatic carbocycles. The van der Waals surface area contributed by atoms with Gasteiger partial charge in [-0.1, -0.05) is 16.8 Å². The number of aromatic nitrogens is 1.